The molecule has 1 aliphatic heterocycles. The smallest absolute Gasteiger partial charge is 0.326 e. The van der Waals surface area contributed by atoms with Crippen molar-refractivity contribution in [2.75, 3.05) is 25.1 Å². The molecule has 13 heteroatoms. The molecule has 1 aliphatic rings. The molecule has 200 valence electrons. The minimum absolute atomic E-state index is 0.0680. The van der Waals surface area contributed by atoms with Crippen LogP contribution in [-0.4, -0.2) is 88.9 Å². The van der Waals surface area contributed by atoms with E-state index < -0.39 is 47.9 Å². The van der Waals surface area contributed by atoms with Crippen LogP contribution in [-0.2, 0) is 19.2 Å². The summed E-state index contributed by atoms with van der Waals surface area (Å²) in [4.78, 5) is 55.9. The summed E-state index contributed by atoms with van der Waals surface area (Å²) in [7, 11) is 0. The molecule has 12 nitrogen and oxygen atoms in total. The van der Waals surface area contributed by atoms with Gasteiger partial charge in [0.15, 0.2) is 5.96 Å². The Labute approximate surface area is 211 Å². The quantitative estimate of drug-likeness (QED) is 0.0916. The monoisotopic (exact) mass is 515 g/mol. The fraction of sp³-hybridized carbons (Fsp3) is 0.773. The summed E-state index contributed by atoms with van der Waals surface area (Å²) in [6, 6.07) is -3.51. The van der Waals surface area contributed by atoms with Gasteiger partial charge in [0.2, 0.25) is 17.7 Å². The molecule has 0 aromatic carbocycles. The molecular weight excluding hydrogens is 474 g/mol. The summed E-state index contributed by atoms with van der Waals surface area (Å²) < 4.78 is 0. The van der Waals surface area contributed by atoms with Gasteiger partial charge in [0, 0.05) is 13.1 Å². The highest BCUT2D eigenvalue weighted by Crippen LogP contribution is 2.20. The van der Waals surface area contributed by atoms with E-state index in [4.69, 9.17) is 17.2 Å². The molecule has 0 aromatic heterocycles. The summed E-state index contributed by atoms with van der Waals surface area (Å²) in [5, 5.41) is 14.7. The molecule has 3 amide bonds. The standard InChI is InChI=1S/C22H41N7O5S/c1-13(2)12-14(23)18(30)27-15(6-4-9-26-22(24)25)20(32)29-10-5-7-17(29)19(31)28-16(21(33)34)8-11-35-3/h13-17H,4-12,23H2,1-3H3,(H,27,30)(H,28,31)(H,33,34)(H4,24,25,26). The van der Waals surface area contributed by atoms with Gasteiger partial charge in [0.1, 0.15) is 18.1 Å². The lowest BCUT2D eigenvalue weighted by atomic mass is 10.0. The van der Waals surface area contributed by atoms with Crippen LogP contribution in [0.3, 0.4) is 0 Å². The second-order valence-electron chi connectivity index (χ2n) is 9.12. The van der Waals surface area contributed by atoms with E-state index >= 15 is 0 Å². The Morgan fingerprint density at radius 2 is 1.83 bits per heavy atom. The number of rotatable bonds is 15. The number of likely N-dealkylation sites (tertiary alicyclic amines) is 1. The van der Waals surface area contributed by atoms with Crippen molar-refractivity contribution in [3.8, 4) is 0 Å². The number of nitrogens with one attached hydrogen (secondary N) is 2. The van der Waals surface area contributed by atoms with Crippen molar-refractivity contribution < 1.29 is 24.3 Å². The lowest BCUT2D eigenvalue weighted by Crippen LogP contribution is -2.56. The zero-order chi connectivity index (χ0) is 26.5. The largest absolute Gasteiger partial charge is 0.480 e. The number of carboxylic acid groups (broad SMARTS) is 1. The predicted octanol–water partition coefficient (Wildman–Crippen LogP) is -0.788. The molecule has 0 aromatic rings. The number of nitrogens with two attached hydrogens (primary N) is 3. The normalized spacial score (nSPS) is 18.0. The molecule has 1 fully saturated rings. The molecule has 0 spiro atoms. The summed E-state index contributed by atoms with van der Waals surface area (Å²) in [6.07, 6.45) is 4.28. The SMILES string of the molecule is CSCCC(NC(=O)C1CCCN1C(=O)C(CCCN=C(N)N)NC(=O)C(N)CC(C)C)C(=O)O. The molecule has 0 aliphatic carbocycles. The van der Waals surface area contributed by atoms with E-state index in [1.807, 2.05) is 20.1 Å². The van der Waals surface area contributed by atoms with Crippen LogP contribution >= 0.6 is 11.8 Å². The minimum Gasteiger partial charge on any atom is -0.480 e. The lowest BCUT2D eigenvalue weighted by molar-refractivity contribution is -0.145. The molecule has 9 N–H and O–H groups in total. The predicted molar refractivity (Wildman–Crippen MR) is 137 cm³/mol. The first-order chi connectivity index (χ1) is 16.5. The molecule has 1 saturated heterocycles. The first kappa shape index (κ1) is 30.5. The third kappa shape index (κ3) is 10.7. The highest BCUT2D eigenvalue weighted by Gasteiger charge is 2.39. The average Bonchev–Trinajstić information content (AvgIpc) is 3.27. The van der Waals surface area contributed by atoms with Gasteiger partial charge in [-0.15, -0.1) is 0 Å². The van der Waals surface area contributed by atoms with E-state index in [9.17, 15) is 24.3 Å². The topological polar surface area (TPSA) is 206 Å². The summed E-state index contributed by atoms with van der Waals surface area (Å²) in [5.74, 6) is -1.77. The van der Waals surface area contributed by atoms with E-state index in [0.29, 0.717) is 38.0 Å². The number of carboxylic acids is 1. The Morgan fingerprint density at radius 3 is 2.40 bits per heavy atom. The zero-order valence-electron chi connectivity index (χ0n) is 20.9. The maximum absolute atomic E-state index is 13.4. The molecule has 1 heterocycles. The van der Waals surface area contributed by atoms with Crippen LogP contribution in [0.2, 0.25) is 0 Å². The first-order valence-electron chi connectivity index (χ1n) is 11.9. The van der Waals surface area contributed by atoms with E-state index in [-0.39, 0.29) is 31.3 Å². The number of carbonyl (C=O) groups excluding carboxylic acids is 3. The minimum atomic E-state index is -1.12. The molecule has 0 bridgehead atoms. The molecule has 1 rings (SSSR count). The second kappa shape index (κ2) is 15.5. The van der Waals surface area contributed by atoms with Gasteiger partial charge in [-0.05, 0) is 56.5 Å². The maximum Gasteiger partial charge on any atom is 0.326 e. The number of hydrogen-bond donors (Lipinski definition) is 6. The molecule has 0 saturated carbocycles. The van der Waals surface area contributed by atoms with Gasteiger partial charge >= 0.3 is 5.97 Å². The van der Waals surface area contributed by atoms with Gasteiger partial charge in [-0.2, -0.15) is 11.8 Å². The zero-order valence-corrected chi connectivity index (χ0v) is 21.7. The Balaban J connectivity index is 2.96. The number of thioether (sulfide) groups is 1. The Hall–Kier alpha value is -2.54. The van der Waals surface area contributed by atoms with Gasteiger partial charge in [-0.1, -0.05) is 13.8 Å². The number of carbonyl (C=O) groups is 4. The molecule has 4 unspecified atom stereocenters. The van der Waals surface area contributed by atoms with Crippen LogP contribution in [0, 0.1) is 5.92 Å². The third-order valence-corrected chi connectivity index (χ3v) is 6.33. The summed E-state index contributed by atoms with van der Waals surface area (Å²) in [5.41, 5.74) is 16.7. The van der Waals surface area contributed by atoms with Crippen LogP contribution in [0.15, 0.2) is 4.99 Å². The van der Waals surface area contributed by atoms with Gasteiger partial charge < -0.3 is 37.8 Å². The highest BCUT2D eigenvalue weighted by atomic mass is 32.2. The number of guanidine groups is 1. The Kier molecular flexibility index (Phi) is 13.5. The Morgan fingerprint density at radius 1 is 1.14 bits per heavy atom. The van der Waals surface area contributed by atoms with Crippen molar-refractivity contribution >= 4 is 41.4 Å². The maximum atomic E-state index is 13.4. The lowest BCUT2D eigenvalue weighted by Gasteiger charge is -2.30. The molecule has 0 radical (unpaired) electrons. The van der Waals surface area contributed by atoms with Crippen molar-refractivity contribution in [2.24, 2.45) is 28.1 Å². The third-order valence-electron chi connectivity index (χ3n) is 5.69. The van der Waals surface area contributed by atoms with Crippen molar-refractivity contribution in [3.63, 3.8) is 0 Å². The van der Waals surface area contributed by atoms with E-state index in [2.05, 4.69) is 15.6 Å². The van der Waals surface area contributed by atoms with E-state index in [1.54, 1.807) is 0 Å². The van der Waals surface area contributed by atoms with Crippen molar-refractivity contribution in [1.82, 2.24) is 15.5 Å². The number of aliphatic carboxylic acids is 1. The number of aliphatic imine (C=N–C) groups is 1. The summed E-state index contributed by atoms with van der Waals surface area (Å²) >= 11 is 1.48. The fourth-order valence-electron chi connectivity index (χ4n) is 3.92. The van der Waals surface area contributed by atoms with Crippen molar-refractivity contribution in [1.29, 1.82) is 0 Å². The van der Waals surface area contributed by atoms with E-state index in [1.165, 1.54) is 16.7 Å². The first-order valence-corrected chi connectivity index (χ1v) is 13.3. The van der Waals surface area contributed by atoms with Crippen LogP contribution in [0.1, 0.15) is 52.4 Å². The van der Waals surface area contributed by atoms with Crippen LogP contribution < -0.4 is 27.8 Å². The molecule has 35 heavy (non-hydrogen) atoms. The fourth-order valence-corrected chi connectivity index (χ4v) is 4.39. The van der Waals surface area contributed by atoms with Gasteiger partial charge in [-0.25, -0.2) is 4.79 Å². The van der Waals surface area contributed by atoms with Crippen LogP contribution in [0.5, 0.6) is 0 Å². The molecular formula is C22H41N7O5S. The van der Waals surface area contributed by atoms with Crippen molar-refractivity contribution in [2.45, 2.75) is 76.5 Å². The number of nitrogens with zero attached hydrogens (tertiary/aromatic N) is 2. The molecule has 4 atom stereocenters. The number of amides is 3. The van der Waals surface area contributed by atoms with Gasteiger partial charge in [0.05, 0.1) is 6.04 Å². The summed E-state index contributed by atoms with van der Waals surface area (Å²) in [6.45, 7) is 4.50. The van der Waals surface area contributed by atoms with E-state index in [0.717, 1.165) is 0 Å². The van der Waals surface area contributed by atoms with Gasteiger partial charge in [-0.3, -0.25) is 19.4 Å². The van der Waals surface area contributed by atoms with Crippen LogP contribution in [0.4, 0.5) is 0 Å². The highest BCUT2D eigenvalue weighted by molar-refractivity contribution is 7.98. The second-order valence-corrected chi connectivity index (χ2v) is 10.1. The Bertz CT molecular complexity index is 760. The van der Waals surface area contributed by atoms with Crippen molar-refractivity contribution in [3.05, 3.63) is 0 Å². The average molecular weight is 516 g/mol. The van der Waals surface area contributed by atoms with Gasteiger partial charge in [0.25, 0.3) is 0 Å². The van der Waals surface area contributed by atoms with Crippen LogP contribution in [0.25, 0.3) is 0 Å². The number of hydrogen-bond acceptors (Lipinski definition) is 7.